The molecule has 0 saturated heterocycles. The van der Waals surface area contributed by atoms with E-state index in [4.69, 9.17) is 23.2 Å². The van der Waals surface area contributed by atoms with Crippen LogP contribution in [0.15, 0.2) is 12.1 Å². The van der Waals surface area contributed by atoms with E-state index < -0.39 is 0 Å². The molecule has 1 fully saturated rings. The minimum absolute atomic E-state index is 0.103. The first-order valence-electron chi connectivity index (χ1n) is 5.86. The second-order valence-electron chi connectivity index (χ2n) is 4.48. The first-order valence-corrected chi connectivity index (χ1v) is 6.62. The predicted molar refractivity (Wildman–Crippen MR) is 70.0 cm³/mol. The molecule has 1 amide bonds. The summed E-state index contributed by atoms with van der Waals surface area (Å²) in [5.74, 6) is -0.206. The summed E-state index contributed by atoms with van der Waals surface area (Å²) in [6.45, 7) is 0. The van der Waals surface area contributed by atoms with Gasteiger partial charge in [0.25, 0.3) is 5.91 Å². The third-order valence-electron chi connectivity index (χ3n) is 3.06. The van der Waals surface area contributed by atoms with E-state index in [0.717, 1.165) is 25.7 Å². The lowest BCUT2D eigenvalue weighted by molar-refractivity contribution is 0.0867. The molecule has 1 heterocycles. The number of hydrogen-bond acceptors (Lipinski definition) is 3. The summed E-state index contributed by atoms with van der Waals surface area (Å²) in [6, 6.07) is 3.08. The van der Waals surface area contributed by atoms with Gasteiger partial charge < -0.3 is 10.4 Å². The van der Waals surface area contributed by atoms with Crippen molar-refractivity contribution in [1.29, 1.82) is 0 Å². The second-order valence-corrected chi connectivity index (χ2v) is 5.25. The number of pyridine rings is 1. The van der Waals surface area contributed by atoms with Crippen LogP contribution in [0.25, 0.3) is 0 Å². The van der Waals surface area contributed by atoms with Crippen LogP contribution in [0.3, 0.4) is 0 Å². The van der Waals surface area contributed by atoms with Crippen molar-refractivity contribution < 1.29 is 9.90 Å². The van der Waals surface area contributed by atoms with Gasteiger partial charge in [0.2, 0.25) is 0 Å². The number of halogens is 2. The SMILES string of the molecule is O=C(NC1CCC(O)CC1)c1cc(Cl)nc(Cl)c1. The van der Waals surface area contributed by atoms with Crippen molar-refractivity contribution in [3.05, 3.63) is 28.0 Å². The maximum absolute atomic E-state index is 12.0. The zero-order valence-corrected chi connectivity index (χ0v) is 11.2. The Morgan fingerprint density at radius 3 is 2.33 bits per heavy atom. The van der Waals surface area contributed by atoms with Gasteiger partial charge in [-0.2, -0.15) is 0 Å². The zero-order valence-electron chi connectivity index (χ0n) is 9.70. The number of nitrogens with one attached hydrogen (secondary N) is 1. The van der Waals surface area contributed by atoms with Crippen LogP contribution in [0.5, 0.6) is 0 Å². The van der Waals surface area contributed by atoms with E-state index >= 15 is 0 Å². The summed E-state index contributed by atoms with van der Waals surface area (Å²) >= 11 is 11.5. The Balaban J connectivity index is 1.99. The van der Waals surface area contributed by atoms with Crippen LogP contribution in [-0.2, 0) is 0 Å². The number of hydrogen-bond donors (Lipinski definition) is 2. The van der Waals surface area contributed by atoms with E-state index in [1.165, 1.54) is 12.1 Å². The quantitative estimate of drug-likeness (QED) is 0.822. The Morgan fingerprint density at radius 1 is 1.22 bits per heavy atom. The highest BCUT2D eigenvalue weighted by molar-refractivity contribution is 6.33. The Labute approximate surface area is 115 Å². The number of rotatable bonds is 2. The molecule has 98 valence electrons. The second kappa shape index (κ2) is 5.87. The first kappa shape index (κ1) is 13.6. The van der Waals surface area contributed by atoms with Crippen LogP contribution < -0.4 is 5.32 Å². The van der Waals surface area contributed by atoms with Crippen LogP contribution in [0.1, 0.15) is 36.0 Å². The average molecular weight is 289 g/mol. The summed E-state index contributed by atoms with van der Waals surface area (Å²) in [5, 5.41) is 12.7. The highest BCUT2D eigenvalue weighted by Crippen LogP contribution is 2.19. The van der Waals surface area contributed by atoms with E-state index in [1.54, 1.807) is 0 Å². The molecule has 0 spiro atoms. The Morgan fingerprint density at radius 2 is 1.78 bits per heavy atom. The van der Waals surface area contributed by atoms with Crippen molar-refractivity contribution in [3.63, 3.8) is 0 Å². The predicted octanol–water partition coefficient (Wildman–Crippen LogP) is 2.42. The molecule has 0 bridgehead atoms. The van der Waals surface area contributed by atoms with E-state index in [0.29, 0.717) is 5.56 Å². The number of carbonyl (C=O) groups is 1. The van der Waals surface area contributed by atoms with Gasteiger partial charge in [-0.25, -0.2) is 4.98 Å². The first-order chi connectivity index (χ1) is 8.54. The minimum atomic E-state index is -0.233. The number of amides is 1. The van der Waals surface area contributed by atoms with Gasteiger partial charge in [-0.05, 0) is 37.8 Å². The molecule has 18 heavy (non-hydrogen) atoms. The average Bonchev–Trinajstić information content (AvgIpc) is 2.31. The van der Waals surface area contributed by atoms with Gasteiger partial charge in [-0.15, -0.1) is 0 Å². The Kier molecular flexibility index (Phi) is 4.43. The molecule has 0 aromatic carbocycles. The summed E-state index contributed by atoms with van der Waals surface area (Å²) in [5.41, 5.74) is 0.408. The summed E-state index contributed by atoms with van der Waals surface area (Å²) in [4.78, 5) is 15.8. The number of carbonyl (C=O) groups excluding carboxylic acids is 1. The van der Waals surface area contributed by atoms with Crippen molar-refractivity contribution in [2.45, 2.75) is 37.8 Å². The monoisotopic (exact) mass is 288 g/mol. The molecule has 1 aliphatic rings. The largest absolute Gasteiger partial charge is 0.393 e. The van der Waals surface area contributed by atoms with Gasteiger partial charge in [-0.1, -0.05) is 23.2 Å². The molecular formula is C12H14Cl2N2O2. The smallest absolute Gasteiger partial charge is 0.251 e. The fraction of sp³-hybridized carbons (Fsp3) is 0.500. The van der Waals surface area contributed by atoms with Crippen LogP contribution in [0.4, 0.5) is 0 Å². The number of aliphatic hydroxyl groups excluding tert-OH is 1. The van der Waals surface area contributed by atoms with E-state index in [1.807, 2.05) is 0 Å². The molecule has 0 aliphatic heterocycles. The Bertz CT molecular complexity index is 425. The highest BCUT2D eigenvalue weighted by atomic mass is 35.5. The van der Waals surface area contributed by atoms with Crippen LogP contribution in [-0.4, -0.2) is 28.1 Å². The molecule has 2 rings (SSSR count). The maximum Gasteiger partial charge on any atom is 0.251 e. The van der Waals surface area contributed by atoms with Gasteiger partial charge in [0.1, 0.15) is 10.3 Å². The van der Waals surface area contributed by atoms with Crippen molar-refractivity contribution >= 4 is 29.1 Å². The number of nitrogens with zero attached hydrogens (tertiary/aromatic N) is 1. The summed E-state index contributed by atoms with van der Waals surface area (Å²) in [6.07, 6.45) is 2.80. The van der Waals surface area contributed by atoms with Crippen LogP contribution >= 0.6 is 23.2 Å². The summed E-state index contributed by atoms with van der Waals surface area (Å²) in [7, 11) is 0. The molecule has 0 radical (unpaired) electrons. The Hall–Kier alpha value is -0.840. The molecule has 0 unspecified atom stereocenters. The topological polar surface area (TPSA) is 62.2 Å². The van der Waals surface area contributed by atoms with Gasteiger partial charge in [-0.3, -0.25) is 4.79 Å². The van der Waals surface area contributed by atoms with Gasteiger partial charge in [0, 0.05) is 11.6 Å². The third-order valence-corrected chi connectivity index (χ3v) is 3.44. The summed E-state index contributed by atoms with van der Waals surface area (Å²) < 4.78 is 0. The van der Waals surface area contributed by atoms with Gasteiger partial charge >= 0.3 is 0 Å². The fourth-order valence-corrected chi connectivity index (χ4v) is 2.55. The lowest BCUT2D eigenvalue weighted by Crippen LogP contribution is -2.38. The van der Waals surface area contributed by atoms with E-state index in [9.17, 15) is 9.90 Å². The molecule has 2 N–H and O–H groups in total. The molecule has 1 aliphatic carbocycles. The van der Waals surface area contributed by atoms with Crippen molar-refractivity contribution in [3.8, 4) is 0 Å². The van der Waals surface area contributed by atoms with Gasteiger partial charge in [0.15, 0.2) is 0 Å². The zero-order chi connectivity index (χ0) is 13.1. The lowest BCUT2D eigenvalue weighted by atomic mass is 9.93. The fourth-order valence-electron chi connectivity index (χ4n) is 2.08. The third kappa shape index (κ3) is 3.57. The van der Waals surface area contributed by atoms with E-state index in [2.05, 4.69) is 10.3 Å². The van der Waals surface area contributed by atoms with Crippen molar-refractivity contribution in [2.75, 3.05) is 0 Å². The van der Waals surface area contributed by atoms with Crippen LogP contribution in [0.2, 0.25) is 10.3 Å². The van der Waals surface area contributed by atoms with Gasteiger partial charge in [0.05, 0.1) is 6.10 Å². The molecule has 0 atom stereocenters. The standard InChI is InChI=1S/C12H14Cl2N2O2/c13-10-5-7(6-11(14)16-10)12(18)15-8-1-3-9(17)4-2-8/h5-6,8-9,17H,1-4H2,(H,15,18). The molecule has 1 aromatic heterocycles. The maximum atomic E-state index is 12.0. The lowest BCUT2D eigenvalue weighted by Gasteiger charge is -2.26. The normalized spacial score (nSPS) is 23.7. The molecule has 4 nitrogen and oxygen atoms in total. The molecule has 1 aromatic rings. The molecular weight excluding hydrogens is 275 g/mol. The van der Waals surface area contributed by atoms with Crippen molar-refractivity contribution in [1.82, 2.24) is 10.3 Å². The highest BCUT2D eigenvalue weighted by Gasteiger charge is 2.21. The van der Waals surface area contributed by atoms with Crippen LogP contribution in [0, 0.1) is 0 Å². The molecule has 6 heteroatoms. The van der Waals surface area contributed by atoms with E-state index in [-0.39, 0.29) is 28.4 Å². The van der Waals surface area contributed by atoms with Crippen molar-refractivity contribution in [2.24, 2.45) is 0 Å². The molecule has 1 saturated carbocycles. The number of aromatic nitrogens is 1. The minimum Gasteiger partial charge on any atom is -0.393 e. The number of aliphatic hydroxyl groups is 1.